The molecule has 1 aliphatic rings. The van der Waals surface area contributed by atoms with Crippen LogP contribution in [-0.2, 0) is 14.6 Å². The van der Waals surface area contributed by atoms with Crippen LogP contribution in [0.3, 0.4) is 0 Å². The minimum Gasteiger partial charge on any atom is -0.301 e. The highest BCUT2D eigenvalue weighted by Crippen LogP contribution is 2.26. The Morgan fingerprint density at radius 3 is 2.79 bits per heavy atom. The average Bonchev–Trinajstić information content (AvgIpc) is 3.23. The summed E-state index contributed by atoms with van der Waals surface area (Å²) in [7, 11) is -3.03. The number of rotatable bonds is 7. The Kier molecular flexibility index (Phi) is 6.41. The number of hydrogen-bond acceptors (Lipinski definition) is 6. The lowest BCUT2D eigenvalue weighted by Gasteiger charge is -2.26. The van der Waals surface area contributed by atoms with Crippen LogP contribution in [0.25, 0.3) is 11.3 Å². The van der Waals surface area contributed by atoms with Gasteiger partial charge in [-0.2, -0.15) is 0 Å². The molecule has 1 saturated heterocycles. The second-order valence-electron chi connectivity index (χ2n) is 6.74. The number of benzene rings is 1. The van der Waals surface area contributed by atoms with E-state index in [1.807, 2.05) is 11.8 Å². The van der Waals surface area contributed by atoms with Gasteiger partial charge in [0.05, 0.1) is 23.7 Å². The van der Waals surface area contributed by atoms with E-state index in [1.165, 1.54) is 17.4 Å². The van der Waals surface area contributed by atoms with Gasteiger partial charge in [-0.3, -0.25) is 9.69 Å². The van der Waals surface area contributed by atoms with Crippen molar-refractivity contribution >= 4 is 32.2 Å². The highest BCUT2D eigenvalue weighted by molar-refractivity contribution is 7.91. The number of sulfone groups is 1. The summed E-state index contributed by atoms with van der Waals surface area (Å²) in [6.45, 7) is 2.68. The molecule has 1 atom stereocenters. The third-order valence-corrected chi connectivity index (χ3v) is 7.06. The lowest BCUT2D eigenvalue weighted by molar-refractivity contribution is -0.117. The molecule has 152 valence electrons. The van der Waals surface area contributed by atoms with Crippen LogP contribution in [0.5, 0.6) is 0 Å². The Labute approximate surface area is 166 Å². The Morgan fingerprint density at radius 1 is 1.36 bits per heavy atom. The maximum absolute atomic E-state index is 13.4. The highest BCUT2D eigenvalue weighted by Gasteiger charge is 2.32. The van der Waals surface area contributed by atoms with Crippen LogP contribution in [0.1, 0.15) is 19.8 Å². The Bertz CT molecular complexity index is 963. The quantitative estimate of drug-likeness (QED) is 0.732. The fraction of sp³-hybridized carbons (Fsp3) is 0.444. The molecule has 2 heterocycles. The van der Waals surface area contributed by atoms with Crippen LogP contribution >= 0.6 is 11.3 Å². The Balaban J connectivity index is 1.64. The lowest BCUT2D eigenvalue weighted by Crippen LogP contribution is -2.42. The van der Waals surface area contributed by atoms with Crippen molar-refractivity contribution in [1.82, 2.24) is 9.88 Å². The van der Waals surface area contributed by atoms with E-state index in [1.54, 1.807) is 5.38 Å². The Morgan fingerprint density at radius 2 is 2.14 bits per heavy atom. The topological polar surface area (TPSA) is 79.4 Å². The van der Waals surface area contributed by atoms with Crippen molar-refractivity contribution in [2.24, 2.45) is 0 Å². The van der Waals surface area contributed by atoms with Gasteiger partial charge in [0.25, 0.3) is 0 Å². The maximum atomic E-state index is 13.4. The van der Waals surface area contributed by atoms with Crippen LogP contribution in [-0.4, -0.2) is 54.8 Å². The maximum Gasteiger partial charge on any atom is 0.240 e. The summed E-state index contributed by atoms with van der Waals surface area (Å²) in [5, 5.41) is 4.70. The van der Waals surface area contributed by atoms with Crippen molar-refractivity contribution in [1.29, 1.82) is 0 Å². The van der Waals surface area contributed by atoms with Crippen molar-refractivity contribution in [3.05, 3.63) is 35.2 Å². The Hall–Kier alpha value is -1.91. The van der Waals surface area contributed by atoms with E-state index in [-0.39, 0.29) is 30.0 Å². The number of aromatic nitrogens is 1. The second kappa shape index (κ2) is 8.62. The number of amides is 1. The normalized spacial score (nSPS) is 18.5. The monoisotopic (exact) mass is 429 g/mol. The molecule has 1 unspecified atom stereocenters. The summed E-state index contributed by atoms with van der Waals surface area (Å²) >= 11 is 1.18. The molecular weight excluding hydrogens is 408 g/mol. The van der Waals surface area contributed by atoms with Crippen molar-refractivity contribution < 1.29 is 22.0 Å². The molecular formula is C18H21F2N3O3S2. The number of thiazole rings is 1. The molecule has 6 nitrogen and oxygen atoms in total. The van der Waals surface area contributed by atoms with E-state index in [9.17, 15) is 22.0 Å². The second-order valence-corrected chi connectivity index (χ2v) is 9.83. The first-order valence-corrected chi connectivity index (χ1v) is 11.6. The van der Waals surface area contributed by atoms with E-state index in [2.05, 4.69) is 10.3 Å². The zero-order valence-electron chi connectivity index (χ0n) is 15.3. The van der Waals surface area contributed by atoms with E-state index in [0.29, 0.717) is 29.4 Å². The fourth-order valence-electron chi connectivity index (χ4n) is 3.20. The van der Waals surface area contributed by atoms with E-state index in [4.69, 9.17) is 0 Å². The number of carbonyl (C=O) groups excluding carboxylic acids is 1. The van der Waals surface area contributed by atoms with Gasteiger partial charge in [0, 0.05) is 17.0 Å². The first-order valence-electron chi connectivity index (χ1n) is 8.92. The van der Waals surface area contributed by atoms with Crippen molar-refractivity contribution in [2.45, 2.75) is 25.8 Å². The third kappa shape index (κ3) is 5.12. The van der Waals surface area contributed by atoms with Gasteiger partial charge in [0.1, 0.15) is 0 Å². The number of carbonyl (C=O) groups is 1. The molecule has 0 bridgehead atoms. The van der Waals surface area contributed by atoms with Gasteiger partial charge >= 0.3 is 0 Å². The summed E-state index contributed by atoms with van der Waals surface area (Å²) in [6, 6.07) is 3.35. The lowest BCUT2D eigenvalue weighted by atomic mass is 10.2. The van der Waals surface area contributed by atoms with Gasteiger partial charge in [-0.15, -0.1) is 11.3 Å². The first-order chi connectivity index (χ1) is 13.3. The van der Waals surface area contributed by atoms with E-state index < -0.39 is 21.5 Å². The summed E-state index contributed by atoms with van der Waals surface area (Å²) < 4.78 is 49.9. The molecule has 1 aliphatic heterocycles. The summed E-state index contributed by atoms with van der Waals surface area (Å²) in [5.41, 5.74) is 0.853. The van der Waals surface area contributed by atoms with Gasteiger partial charge in [0.15, 0.2) is 26.6 Å². The molecule has 28 heavy (non-hydrogen) atoms. The van der Waals surface area contributed by atoms with Crippen LogP contribution in [0.2, 0.25) is 0 Å². The van der Waals surface area contributed by atoms with Gasteiger partial charge in [-0.1, -0.05) is 6.92 Å². The predicted octanol–water partition coefficient (Wildman–Crippen LogP) is 2.93. The molecule has 2 aromatic rings. The average molecular weight is 430 g/mol. The predicted molar refractivity (Wildman–Crippen MR) is 105 cm³/mol. The van der Waals surface area contributed by atoms with Gasteiger partial charge in [-0.25, -0.2) is 22.2 Å². The van der Waals surface area contributed by atoms with Crippen LogP contribution < -0.4 is 5.32 Å². The van der Waals surface area contributed by atoms with Gasteiger partial charge < -0.3 is 5.32 Å². The molecule has 0 spiro atoms. The number of hydrogen-bond donors (Lipinski definition) is 1. The van der Waals surface area contributed by atoms with Crippen molar-refractivity contribution in [2.75, 3.05) is 29.9 Å². The SMILES string of the molecule is CCCN(CC(=O)Nc1nc(-c2ccc(F)c(F)c2)cs1)C1CCS(=O)(=O)C1. The smallest absolute Gasteiger partial charge is 0.240 e. The van der Waals surface area contributed by atoms with Crippen LogP contribution in [0, 0.1) is 11.6 Å². The minimum absolute atomic E-state index is 0.0775. The molecule has 3 rings (SSSR count). The summed E-state index contributed by atoms with van der Waals surface area (Å²) in [4.78, 5) is 18.6. The van der Waals surface area contributed by atoms with Crippen LogP contribution in [0.4, 0.5) is 13.9 Å². The molecule has 1 amide bonds. The zero-order chi connectivity index (χ0) is 20.3. The fourth-order valence-corrected chi connectivity index (χ4v) is 5.70. The standard InChI is InChI=1S/C18H21F2N3O3S2/c1-2-6-23(13-5-7-28(25,26)11-13)9-17(24)22-18-21-16(10-27-18)12-3-4-14(19)15(20)8-12/h3-4,8,10,13H,2,5-7,9,11H2,1H3,(H,21,22,24). The largest absolute Gasteiger partial charge is 0.301 e. The highest BCUT2D eigenvalue weighted by atomic mass is 32.2. The van der Waals surface area contributed by atoms with Crippen molar-refractivity contribution in [3.63, 3.8) is 0 Å². The molecule has 1 aromatic carbocycles. The molecule has 10 heteroatoms. The van der Waals surface area contributed by atoms with E-state index in [0.717, 1.165) is 18.6 Å². The molecule has 1 N–H and O–H groups in total. The summed E-state index contributed by atoms with van der Waals surface area (Å²) in [6.07, 6.45) is 1.34. The van der Waals surface area contributed by atoms with Gasteiger partial charge in [0.2, 0.25) is 5.91 Å². The molecule has 0 saturated carbocycles. The van der Waals surface area contributed by atoms with Crippen LogP contribution in [0.15, 0.2) is 23.6 Å². The van der Waals surface area contributed by atoms with Gasteiger partial charge in [-0.05, 0) is 37.6 Å². The molecule has 1 fully saturated rings. The minimum atomic E-state index is -3.03. The molecule has 0 aliphatic carbocycles. The first kappa shape index (κ1) is 20.8. The number of halogens is 2. The summed E-state index contributed by atoms with van der Waals surface area (Å²) in [5.74, 6) is -1.94. The number of nitrogens with one attached hydrogen (secondary N) is 1. The number of nitrogens with zero attached hydrogens (tertiary/aromatic N) is 2. The van der Waals surface area contributed by atoms with E-state index >= 15 is 0 Å². The number of anilines is 1. The molecule has 1 aromatic heterocycles. The zero-order valence-corrected chi connectivity index (χ0v) is 17.0. The van der Waals surface area contributed by atoms with Crippen molar-refractivity contribution in [3.8, 4) is 11.3 Å². The molecule has 0 radical (unpaired) electrons. The third-order valence-electron chi connectivity index (χ3n) is 4.55.